The molecule has 1 aromatic rings. The number of aliphatic hydroxyl groups excluding tert-OH is 1. The van der Waals surface area contributed by atoms with Gasteiger partial charge in [0.2, 0.25) is 0 Å². The molecule has 0 aromatic heterocycles. The maximum Gasteiger partial charge on any atom is 0.188 e. The normalized spacial score (nSPS) is 28.8. The standard InChI is InChI=1S/C19H27NO5/c1-20-9-8-19(7-6-15(21)11-18(19)20)14-4-5-16(24-12-22-2)17(10-14)25-13-23-3/h4-7,10,15,18,21H,8-9,11-13H2,1-3H3/t15-,18-,19-/m0/s1. The third kappa shape index (κ3) is 3.53. The van der Waals surface area contributed by atoms with E-state index < -0.39 is 0 Å². The molecule has 0 saturated carbocycles. The Balaban J connectivity index is 1.96. The Morgan fingerprint density at radius 1 is 1.16 bits per heavy atom. The van der Waals surface area contributed by atoms with Gasteiger partial charge in [0, 0.05) is 25.7 Å². The average Bonchev–Trinajstić information content (AvgIpc) is 2.96. The van der Waals surface area contributed by atoms with Crippen LogP contribution in [0.2, 0.25) is 0 Å². The topological polar surface area (TPSA) is 60.4 Å². The van der Waals surface area contributed by atoms with E-state index in [4.69, 9.17) is 18.9 Å². The van der Waals surface area contributed by atoms with Gasteiger partial charge in [0.15, 0.2) is 25.1 Å². The minimum absolute atomic E-state index is 0.112. The fourth-order valence-electron chi connectivity index (χ4n) is 3.96. The molecular formula is C19H27NO5. The van der Waals surface area contributed by atoms with Crippen molar-refractivity contribution in [3.63, 3.8) is 0 Å². The van der Waals surface area contributed by atoms with Crippen molar-refractivity contribution in [1.82, 2.24) is 4.90 Å². The highest BCUT2D eigenvalue weighted by atomic mass is 16.7. The molecule has 2 aliphatic rings. The Hall–Kier alpha value is -1.60. The van der Waals surface area contributed by atoms with Crippen molar-refractivity contribution < 1.29 is 24.1 Å². The molecule has 1 N–H and O–H groups in total. The van der Waals surface area contributed by atoms with Crippen LogP contribution in [0.3, 0.4) is 0 Å². The van der Waals surface area contributed by atoms with E-state index in [0.29, 0.717) is 11.5 Å². The van der Waals surface area contributed by atoms with Crippen LogP contribution >= 0.6 is 0 Å². The number of methoxy groups -OCH3 is 2. The number of likely N-dealkylation sites (tertiary alicyclic amines) is 1. The van der Waals surface area contributed by atoms with Gasteiger partial charge in [-0.15, -0.1) is 0 Å². The highest BCUT2D eigenvalue weighted by Gasteiger charge is 2.48. The largest absolute Gasteiger partial charge is 0.464 e. The smallest absolute Gasteiger partial charge is 0.188 e. The Kier molecular flexibility index (Phi) is 5.64. The van der Waals surface area contributed by atoms with E-state index in [1.165, 1.54) is 5.56 Å². The van der Waals surface area contributed by atoms with Crippen LogP contribution in [0.5, 0.6) is 11.5 Å². The molecule has 0 unspecified atom stereocenters. The van der Waals surface area contributed by atoms with Crippen LogP contribution in [-0.4, -0.2) is 63.6 Å². The Labute approximate surface area is 148 Å². The molecule has 0 spiro atoms. The van der Waals surface area contributed by atoms with Gasteiger partial charge < -0.3 is 29.0 Å². The van der Waals surface area contributed by atoms with Crippen LogP contribution in [-0.2, 0) is 14.9 Å². The van der Waals surface area contributed by atoms with Crippen LogP contribution < -0.4 is 9.47 Å². The predicted molar refractivity (Wildman–Crippen MR) is 93.9 cm³/mol. The second kappa shape index (κ2) is 7.74. The van der Waals surface area contributed by atoms with Crippen LogP contribution in [0, 0.1) is 0 Å². The summed E-state index contributed by atoms with van der Waals surface area (Å²) in [7, 11) is 5.29. The molecule has 1 aromatic carbocycles. The lowest BCUT2D eigenvalue weighted by molar-refractivity contribution is 0.0321. The summed E-state index contributed by atoms with van der Waals surface area (Å²) in [4.78, 5) is 2.33. The summed E-state index contributed by atoms with van der Waals surface area (Å²) >= 11 is 0. The van der Waals surface area contributed by atoms with E-state index in [2.05, 4.69) is 24.1 Å². The number of benzene rings is 1. The first-order valence-electron chi connectivity index (χ1n) is 8.56. The van der Waals surface area contributed by atoms with Crippen molar-refractivity contribution in [3.05, 3.63) is 35.9 Å². The zero-order valence-electron chi connectivity index (χ0n) is 15.1. The number of aliphatic hydroxyl groups is 1. The first-order valence-corrected chi connectivity index (χ1v) is 8.56. The summed E-state index contributed by atoms with van der Waals surface area (Å²) in [6.45, 7) is 1.31. The van der Waals surface area contributed by atoms with E-state index >= 15 is 0 Å². The summed E-state index contributed by atoms with van der Waals surface area (Å²) in [5.74, 6) is 1.26. The van der Waals surface area contributed by atoms with Crippen LogP contribution in [0.15, 0.2) is 30.4 Å². The molecule has 6 nitrogen and oxygen atoms in total. The number of hydrogen-bond donors (Lipinski definition) is 1. The molecule has 6 heteroatoms. The van der Waals surface area contributed by atoms with Gasteiger partial charge in [0.1, 0.15) is 0 Å². The van der Waals surface area contributed by atoms with Crippen molar-refractivity contribution in [1.29, 1.82) is 0 Å². The van der Waals surface area contributed by atoms with Crippen molar-refractivity contribution >= 4 is 0 Å². The fourth-order valence-corrected chi connectivity index (χ4v) is 3.96. The molecule has 1 heterocycles. The Bertz CT molecular complexity index is 620. The maximum absolute atomic E-state index is 10.1. The molecule has 0 amide bonds. The second-order valence-corrected chi connectivity index (χ2v) is 6.71. The van der Waals surface area contributed by atoms with Gasteiger partial charge in [-0.05, 0) is 44.1 Å². The number of fused-ring (bicyclic) bond motifs is 1. The minimum Gasteiger partial charge on any atom is -0.464 e. The first-order chi connectivity index (χ1) is 12.1. The summed E-state index contributed by atoms with van der Waals surface area (Å²) in [6.07, 6.45) is 5.45. The number of rotatable bonds is 7. The quantitative estimate of drug-likeness (QED) is 0.599. The highest BCUT2D eigenvalue weighted by Crippen LogP contribution is 2.47. The molecule has 1 fully saturated rings. The zero-order valence-corrected chi connectivity index (χ0v) is 15.1. The molecule has 138 valence electrons. The lowest BCUT2D eigenvalue weighted by Gasteiger charge is -2.39. The number of hydrogen-bond acceptors (Lipinski definition) is 6. The molecule has 0 radical (unpaired) electrons. The molecule has 25 heavy (non-hydrogen) atoms. The number of nitrogens with zero attached hydrogens (tertiary/aromatic N) is 1. The zero-order chi connectivity index (χ0) is 17.9. The highest BCUT2D eigenvalue weighted by molar-refractivity contribution is 5.48. The monoisotopic (exact) mass is 349 g/mol. The predicted octanol–water partition coefficient (Wildman–Crippen LogP) is 1.91. The molecule has 1 saturated heterocycles. The van der Waals surface area contributed by atoms with Gasteiger partial charge in [0.25, 0.3) is 0 Å². The van der Waals surface area contributed by atoms with Gasteiger partial charge in [-0.1, -0.05) is 18.2 Å². The molecule has 3 atom stereocenters. The van der Waals surface area contributed by atoms with Gasteiger partial charge in [0.05, 0.1) is 6.10 Å². The van der Waals surface area contributed by atoms with Crippen molar-refractivity contribution in [2.45, 2.75) is 30.4 Å². The van der Waals surface area contributed by atoms with Crippen molar-refractivity contribution in [3.8, 4) is 11.5 Å². The van der Waals surface area contributed by atoms with Crippen molar-refractivity contribution in [2.24, 2.45) is 0 Å². The SMILES string of the molecule is COCOc1ccc([C@@]23C=C[C@H](O)C[C@@H]2N(C)CC3)cc1OCOC. The van der Waals surface area contributed by atoms with Crippen LogP contribution in [0.4, 0.5) is 0 Å². The number of ether oxygens (including phenoxy) is 4. The molecule has 1 aliphatic heterocycles. The van der Waals surface area contributed by atoms with E-state index in [0.717, 1.165) is 19.4 Å². The van der Waals surface area contributed by atoms with E-state index in [-0.39, 0.29) is 31.1 Å². The lowest BCUT2D eigenvalue weighted by Crippen LogP contribution is -2.44. The van der Waals surface area contributed by atoms with Crippen LogP contribution in [0.25, 0.3) is 0 Å². The lowest BCUT2D eigenvalue weighted by atomic mass is 9.69. The minimum atomic E-state index is -0.382. The average molecular weight is 349 g/mol. The first kappa shape index (κ1) is 18.2. The van der Waals surface area contributed by atoms with Gasteiger partial charge in [-0.25, -0.2) is 0 Å². The van der Waals surface area contributed by atoms with E-state index in [1.807, 2.05) is 18.2 Å². The summed E-state index contributed by atoms with van der Waals surface area (Å²) < 4.78 is 21.4. The van der Waals surface area contributed by atoms with Gasteiger partial charge in [-0.2, -0.15) is 0 Å². The number of likely N-dealkylation sites (N-methyl/N-ethyl adjacent to an activating group) is 1. The van der Waals surface area contributed by atoms with Gasteiger partial charge in [-0.3, -0.25) is 0 Å². The molecule has 1 aliphatic carbocycles. The fraction of sp³-hybridized carbons (Fsp3) is 0.579. The second-order valence-electron chi connectivity index (χ2n) is 6.71. The Morgan fingerprint density at radius 2 is 1.88 bits per heavy atom. The van der Waals surface area contributed by atoms with E-state index in [9.17, 15) is 5.11 Å². The van der Waals surface area contributed by atoms with Crippen molar-refractivity contribution in [2.75, 3.05) is 41.4 Å². The molecule has 0 bridgehead atoms. The Morgan fingerprint density at radius 3 is 2.60 bits per heavy atom. The molecular weight excluding hydrogens is 322 g/mol. The summed E-state index contributed by atoms with van der Waals surface area (Å²) in [5.41, 5.74) is 1.06. The molecule has 3 rings (SSSR count). The van der Waals surface area contributed by atoms with Gasteiger partial charge >= 0.3 is 0 Å². The third-order valence-corrected chi connectivity index (χ3v) is 5.23. The maximum atomic E-state index is 10.1. The summed E-state index contributed by atoms with van der Waals surface area (Å²) in [6, 6.07) is 6.30. The van der Waals surface area contributed by atoms with Crippen LogP contribution in [0.1, 0.15) is 18.4 Å². The van der Waals surface area contributed by atoms with E-state index in [1.54, 1.807) is 14.2 Å². The third-order valence-electron chi connectivity index (χ3n) is 5.23. The summed E-state index contributed by atoms with van der Waals surface area (Å²) in [5, 5.41) is 10.1.